The third-order valence-corrected chi connectivity index (χ3v) is 0.315. The second-order valence-electron chi connectivity index (χ2n) is 0.752. The van der Waals surface area contributed by atoms with Gasteiger partial charge in [0.2, 0.25) is 0 Å². The normalized spacial score (nSPS) is 21.8. The van der Waals surface area contributed by atoms with Crippen LogP contribution < -0.4 is 0 Å². The van der Waals surface area contributed by atoms with E-state index in [1.165, 1.54) is 0 Å². The lowest BCUT2D eigenvalue weighted by Gasteiger charge is -1.76. The molecule has 0 aromatic carbocycles. The number of aliphatic hydroxyl groups excluding tert-OH is 2. The van der Waals surface area contributed by atoms with Gasteiger partial charge in [-0.25, -0.2) is 0 Å². The first-order chi connectivity index (χ1) is 3.63. The molecule has 0 saturated carbocycles. The van der Waals surface area contributed by atoms with E-state index in [0.717, 1.165) is 6.08 Å². The maximum Gasteiger partial charge on any atom is 0.103 e. The van der Waals surface area contributed by atoms with Crippen LogP contribution in [0.2, 0.25) is 0 Å². The highest BCUT2D eigenvalue weighted by Crippen LogP contribution is 1.74. The van der Waals surface area contributed by atoms with Gasteiger partial charge in [0.1, 0.15) is 1.37 Å². The Hall–Kier alpha value is -0.500. The topological polar surface area (TPSA) is 40.5 Å². The molecule has 0 aromatic heterocycles. The van der Waals surface area contributed by atoms with Crippen molar-refractivity contribution in [1.29, 1.82) is 0 Å². The summed E-state index contributed by atoms with van der Waals surface area (Å²) in [4.78, 5) is 0. The molecule has 0 radical (unpaired) electrons. The molecule has 1 atom stereocenters. The summed E-state index contributed by atoms with van der Waals surface area (Å²) < 4.78 is 12.9. The van der Waals surface area contributed by atoms with Crippen molar-refractivity contribution in [1.82, 2.24) is 0 Å². The van der Waals surface area contributed by atoms with Crippen molar-refractivity contribution >= 4 is 0 Å². The molecule has 0 rings (SSSR count). The summed E-state index contributed by atoms with van der Waals surface area (Å²) in [5, 5.41) is 16.4. The van der Waals surface area contributed by atoms with E-state index < -0.39 is 12.8 Å². The maximum atomic E-state index is 8.23. The first kappa shape index (κ1) is 2.64. The largest absolute Gasteiger partial charge is 0.516 e. The zero-order chi connectivity index (χ0) is 6.57. The van der Waals surface area contributed by atoms with Crippen LogP contribution in [-0.4, -0.2) is 16.8 Å². The Bertz CT molecular complexity index is 86.0. The van der Waals surface area contributed by atoms with Gasteiger partial charge in [-0.15, -0.1) is 0 Å². The van der Waals surface area contributed by atoms with Gasteiger partial charge < -0.3 is 10.2 Å². The highest BCUT2D eigenvalue weighted by molar-refractivity contribution is 4.69. The summed E-state index contributed by atoms with van der Waals surface area (Å²) in [5.41, 5.74) is 0. The fourth-order valence-corrected chi connectivity index (χ4v) is 0.105. The van der Waals surface area contributed by atoms with Crippen LogP contribution in [0.4, 0.5) is 0 Å². The number of hydrogen-bond acceptors (Lipinski definition) is 2. The minimum absolute atomic E-state index is 0.00926. The fraction of sp³-hybridized carbons (Fsp3) is 0.500. The number of aliphatic hydroxyl groups is 2. The Morgan fingerprint density at radius 2 is 2.67 bits per heavy atom. The molecule has 0 saturated heterocycles. The van der Waals surface area contributed by atoms with Crippen molar-refractivity contribution in [2.24, 2.45) is 0 Å². The van der Waals surface area contributed by atoms with E-state index in [1.54, 1.807) is 0 Å². The molecule has 6 heavy (non-hydrogen) atoms. The number of rotatable bonds is 2. The predicted octanol–water partition coefficient (Wildman–Crippen LogP) is 0.441. The zero-order valence-corrected chi connectivity index (χ0v) is 3.26. The molecule has 2 N–H and O–H groups in total. The maximum absolute atomic E-state index is 8.23. The molecule has 0 aliphatic heterocycles. The Kier molecular flexibility index (Phi) is 1.98. The Labute approximate surface area is 39.5 Å². The van der Waals surface area contributed by atoms with Gasteiger partial charge in [-0.1, -0.05) is 0 Å². The van der Waals surface area contributed by atoms with Crippen molar-refractivity contribution in [3.05, 3.63) is 12.3 Å². The van der Waals surface area contributed by atoms with Crippen molar-refractivity contribution in [2.75, 3.05) is 6.58 Å². The predicted molar refractivity (Wildman–Crippen MR) is 23.5 cm³/mol. The first-order valence-corrected chi connectivity index (χ1v) is 1.59. The molecular weight excluding hydrogens is 80.0 g/mol. The Morgan fingerprint density at radius 1 is 2.00 bits per heavy atom. The van der Waals surface area contributed by atoms with E-state index in [2.05, 4.69) is 0 Å². The lowest BCUT2D eigenvalue weighted by molar-refractivity contribution is 0.301. The van der Waals surface area contributed by atoms with E-state index in [4.69, 9.17) is 13.0 Å². The molecule has 0 aromatic rings. The molecular formula is C4H8O2. The van der Waals surface area contributed by atoms with E-state index in [-0.39, 0.29) is 6.42 Å². The molecule has 0 aliphatic rings. The second kappa shape index (κ2) is 4.50. The minimum atomic E-state index is -1.22. The average Bonchev–Trinajstić information content (AvgIpc) is 1.61. The van der Waals surface area contributed by atoms with Crippen LogP contribution in [0.5, 0.6) is 0 Å². The molecule has 2 nitrogen and oxygen atoms in total. The van der Waals surface area contributed by atoms with Gasteiger partial charge in [-0.3, -0.25) is 0 Å². The van der Waals surface area contributed by atoms with Gasteiger partial charge in [0.05, 0.1) is 7.61 Å². The molecule has 0 bridgehead atoms. The Balaban J connectivity index is 3.29. The van der Waals surface area contributed by atoms with Gasteiger partial charge in [0.15, 0.2) is 0 Å². The fourth-order valence-electron chi connectivity index (χ4n) is 0.105. The lowest BCUT2D eigenvalue weighted by atomic mass is 10.5. The zero-order valence-electron chi connectivity index (χ0n) is 5.26. The van der Waals surface area contributed by atoms with Crippen LogP contribution in [0.15, 0.2) is 12.3 Å². The summed E-state index contributed by atoms with van der Waals surface area (Å²) >= 11 is 0. The quantitative estimate of drug-likeness (QED) is 0.483. The molecule has 36 valence electrons. The highest BCUT2D eigenvalue weighted by atomic mass is 16.3. The highest BCUT2D eigenvalue weighted by Gasteiger charge is 1.67. The van der Waals surface area contributed by atoms with E-state index in [9.17, 15) is 0 Å². The smallest absolute Gasteiger partial charge is 0.103 e. The SMILES string of the molecule is [2H]C(O)=CCC([2H])O. The van der Waals surface area contributed by atoms with Gasteiger partial charge in [0.25, 0.3) is 0 Å². The van der Waals surface area contributed by atoms with Crippen LogP contribution in [0.1, 0.15) is 9.16 Å². The molecule has 0 aliphatic carbocycles. The summed E-state index contributed by atoms with van der Waals surface area (Å²) in [6, 6.07) is 0. The summed E-state index contributed by atoms with van der Waals surface area (Å²) in [6.45, 7) is -1.22. The molecule has 0 amide bonds. The van der Waals surface area contributed by atoms with Crippen LogP contribution in [0.25, 0.3) is 0 Å². The van der Waals surface area contributed by atoms with Crippen LogP contribution in [0, 0.1) is 0 Å². The van der Waals surface area contributed by atoms with Gasteiger partial charge >= 0.3 is 0 Å². The van der Waals surface area contributed by atoms with Gasteiger partial charge in [-0.2, -0.15) is 0 Å². The summed E-state index contributed by atoms with van der Waals surface area (Å²) in [6.07, 6.45) is 0.476. The molecule has 2 heteroatoms. The third-order valence-electron chi connectivity index (χ3n) is 0.315. The molecule has 0 fully saturated rings. The minimum Gasteiger partial charge on any atom is -0.516 e. The van der Waals surface area contributed by atoms with Gasteiger partial charge in [-0.05, 0) is 12.5 Å². The second-order valence-corrected chi connectivity index (χ2v) is 0.752. The third kappa shape index (κ3) is 3.50. The average molecular weight is 90.1 g/mol. The van der Waals surface area contributed by atoms with Crippen LogP contribution in [-0.2, 0) is 0 Å². The van der Waals surface area contributed by atoms with E-state index >= 15 is 0 Å². The standard InChI is InChI=1S/C4H8O2/c5-3-1-2-4-6/h1,3,5-6H,2,4H2/i3D,4D. The first-order valence-electron chi connectivity index (χ1n) is 2.66. The number of hydrogen-bond donors (Lipinski definition) is 2. The Morgan fingerprint density at radius 3 is 2.83 bits per heavy atom. The lowest BCUT2D eigenvalue weighted by Crippen LogP contribution is -1.73. The van der Waals surface area contributed by atoms with Crippen molar-refractivity contribution < 1.29 is 13.0 Å². The van der Waals surface area contributed by atoms with E-state index in [0.29, 0.717) is 0 Å². The van der Waals surface area contributed by atoms with Crippen molar-refractivity contribution in [3.63, 3.8) is 0 Å². The molecule has 0 heterocycles. The van der Waals surface area contributed by atoms with Crippen molar-refractivity contribution in [2.45, 2.75) is 6.42 Å². The summed E-state index contributed by atoms with van der Waals surface area (Å²) in [7, 11) is 0. The van der Waals surface area contributed by atoms with Gasteiger partial charge in [0, 0.05) is 6.58 Å². The van der Waals surface area contributed by atoms with E-state index in [1.807, 2.05) is 0 Å². The van der Waals surface area contributed by atoms with Crippen LogP contribution >= 0.6 is 0 Å². The molecule has 1 unspecified atom stereocenters. The summed E-state index contributed by atoms with van der Waals surface area (Å²) in [5.74, 6) is 0. The van der Waals surface area contributed by atoms with Crippen molar-refractivity contribution in [3.8, 4) is 0 Å². The van der Waals surface area contributed by atoms with Crippen LogP contribution in [0.3, 0.4) is 0 Å². The molecule has 0 spiro atoms. The monoisotopic (exact) mass is 90.1 g/mol.